The third kappa shape index (κ3) is 3.28. The second-order valence-electron chi connectivity index (χ2n) is 6.69. The Morgan fingerprint density at radius 3 is 2.52 bits per heavy atom. The number of aromatic amines is 1. The van der Waals surface area contributed by atoms with Crippen molar-refractivity contribution in [3.8, 4) is 0 Å². The summed E-state index contributed by atoms with van der Waals surface area (Å²) in [7, 11) is 0. The molecule has 7 nitrogen and oxygen atoms in total. The van der Waals surface area contributed by atoms with Crippen molar-refractivity contribution in [3.63, 3.8) is 0 Å². The molecule has 0 saturated carbocycles. The van der Waals surface area contributed by atoms with Crippen molar-refractivity contribution >= 4 is 29.1 Å². The summed E-state index contributed by atoms with van der Waals surface area (Å²) in [6.07, 6.45) is 0. The highest BCUT2D eigenvalue weighted by Gasteiger charge is 2.27. The van der Waals surface area contributed by atoms with Gasteiger partial charge >= 0.3 is 5.97 Å². The number of rotatable bonds is 5. The summed E-state index contributed by atoms with van der Waals surface area (Å²) >= 11 is 0. The Bertz CT molecular complexity index is 986. The molecule has 1 aromatic carbocycles. The molecule has 0 unspecified atom stereocenters. The maximum atomic E-state index is 12.4. The van der Waals surface area contributed by atoms with E-state index in [1.807, 2.05) is 0 Å². The first-order valence-electron chi connectivity index (χ1n) is 8.56. The lowest BCUT2D eigenvalue weighted by molar-refractivity contribution is -0.116. The first-order chi connectivity index (χ1) is 12.7. The van der Waals surface area contributed by atoms with Gasteiger partial charge < -0.3 is 15.0 Å². The van der Waals surface area contributed by atoms with E-state index in [1.165, 1.54) is 6.92 Å². The fourth-order valence-corrected chi connectivity index (χ4v) is 3.36. The van der Waals surface area contributed by atoms with Gasteiger partial charge in [-0.1, -0.05) is 0 Å². The van der Waals surface area contributed by atoms with E-state index in [0.717, 1.165) is 5.56 Å². The van der Waals surface area contributed by atoms with E-state index in [2.05, 4.69) is 10.3 Å². The van der Waals surface area contributed by atoms with E-state index >= 15 is 0 Å². The molecule has 0 bridgehead atoms. The Morgan fingerprint density at radius 1 is 1.19 bits per heavy atom. The van der Waals surface area contributed by atoms with Gasteiger partial charge in [0, 0.05) is 22.5 Å². The topological polar surface area (TPSA) is 105 Å². The van der Waals surface area contributed by atoms with E-state index in [0.29, 0.717) is 28.1 Å². The number of aromatic nitrogens is 1. The Kier molecular flexibility index (Phi) is 4.70. The number of fused-ring (bicyclic) bond motifs is 1. The number of H-pyrrole nitrogens is 1. The molecule has 2 aromatic rings. The fourth-order valence-electron chi connectivity index (χ4n) is 3.36. The Balaban J connectivity index is 1.72. The van der Waals surface area contributed by atoms with Crippen LogP contribution in [0.15, 0.2) is 18.2 Å². The molecule has 0 radical (unpaired) electrons. The number of carbonyl (C=O) groups excluding carboxylic acids is 4. The summed E-state index contributed by atoms with van der Waals surface area (Å²) in [6, 6.07) is 4.90. The standard InChI is InChI=1S/C20H20N2O5/c1-9-14-7-13(5-6-15(14)22-19(9)25)16(24)8-27-20(26)18-10(2)17(12(4)23)11(3)21-18/h5-7,9,21H,8H2,1-4H3,(H,22,25)/t9-/m1/s1. The maximum Gasteiger partial charge on any atom is 0.355 e. The van der Waals surface area contributed by atoms with Crippen LogP contribution in [0, 0.1) is 13.8 Å². The zero-order valence-electron chi connectivity index (χ0n) is 15.6. The van der Waals surface area contributed by atoms with Crippen molar-refractivity contribution in [2.75, 3.05) is 11.9 Å². The average Bonchev–Trinajstić information content (AvgIpc) is 3.08. The maximum absolute atomic E-state index is 12.4. The molecule has 0 saturated heterocycles. The molecule has 0 fully saturated rings. The largest absolute Gasteiger partial charge is 0.453 e. The number of Topliss-reactive ketones (excluding diaryl/α,β-unsaturated/α-hetero) is 2. The van der Waals surface area contributed by atoms with Gasteiger partial charge in [-0.05, 0) is 57.0 Å². The highest BCUT2D eigenvalue weighted by Crippen LogP contribution is 2.32. The van der Waals surface area contributed by atoms with Gasteiger partial charge in [-0.25, -0.2) is 4.79 Å². The number of amides is 1. The van der Waals surface area contributed by atoms with Gasteiger partial charge in [0.2, 0.25) is 5.91 Å². The van der Waals surface area contributed by atoms with E-state index in [-0.39, 0.29) is 29.1 Å². The van der Waals surface area contributed by atoms with Crippen molar-refractivity contribution in [1.82, 2.24) is 4.98 Å². The molecule has 2 N–H and O–H groups in total. The molecule has 1 atom stereocenters. The van der Waals surface area contributed by atoms with E-state index in [1.54, 1.807) is 39.0 Å². The minimum absolute atomic E-state index is 0.111. The lowest BCUT2D eigenvalue weighted by atomic mass is 9.99. The van der Waals surface area contributed by atoms with Crippen LogP contribution in [0.25, 0.3) is 0 Å². The van der Waals surface area contributed by atoms with Crippen molar-refractivity contribution in [3.05, 3.63) is 51.8 Å². The number of benzene rings is 1. The predicted molar refractivity (Wildman–Crippen MR) is 98.4 cm³/mol. The Morgan fingerprint density at radius 2 is 1.89 bits per heavy atom. The average molecular weight is 368 g/mol. The quantitative estimate of drug-likeness (QED) is 0.623. The SMILES string of the molecule is CC(=O)c1c(C)[nH]c(C(=O)OCC(=O)c2ccc3c(c2)[C@@H](C)C(=O)N3)c1C. The monoisotopic (exact) mass is 368 g/mol. The van der Waals surface area contributed by atoms with Gasteiger partial charge in [-0.2, -0.15) is 0 Å². The molecule has 7 heteroatoms. The summed E-state index contributed by atoms with van der Waals surface area (Å²) < 4.78 is 5.13. The van der Waals surface area contributed by atoms with Crippen LogP contribution in [0.4, 0.5) is 5.69 Å². The fraction of sp³-hybridized carbons (Fsp3) is 0.300. The molecular formula is C20H20N2O5. The van der Waals surface area contributed by atoms with Crippen LogP contribution in [-0.2, 0) is 9.53 Å². The van der Waals surface area contributed by atoms with Gasteiger partial charge in [0.15, 0.2) is 18.2 Å². The van der Waals surface area contributed by atoms with Crippen molar-refractivity contribution in [1.29, 1.82) is 0 Å². The van der Waals surface area contributed by atoms with E-state index in [4.69, 9.17) is 4.74 Å². The number of esters is 1. The zero-order chi connectivity index (χ0) is 19.9. The normalized spacial score (nSPS) is 15.3. The van der Waals surface area contributed by atoms with E-state index in [9.17, 15) is 19.2 Å². The second kappa shape index (κ2) is 6.83. The van der Waals surface area contributed by atoms with Crippen LogP contribution in [0.3, 0.4) is 0 Å². The number of anilines is 1. The van der Waals surface area contributed by atoms with Gasteiger partial charge in [0.25, 0.3) is 0 Å². The minimum Gasteiger partial charge on any atom is -0.453 e. The molecule has 140 valence electrons. The summed E-state index contributed by atoms with van der Waals surface area (Å²) in [4.78, 5) is 50.9. The Labute approximate surface area is 156 Å². The van der Waals surface area contributed by atoms with Crippen molar-refractivity contribution in [2.24, 2.45) is 0 Å². The number of ether oxygens (including phenoxy) is 1. The van der Waals surface area contributed by atoms with Crippen LogP contribution < -0.4 is 5.32 Å². The minimum atomic E-state index is -0.692. The Hall–Kier alpha value is -3.22. The lowest BCUT2D eigenvalue weighted by Gasteiger charge is -2.07. The van der Waals surface area contributed by atoms with Crippen LogP contribution in [0.2, 0.25) is 0 Å². The third-order valence-electron chi connectivity index (χ3n) is 4.82. The highest BCUT2D eigenvalue weighted by molar-refractivity contribution is 6.05. The summed E-state index contributed by atoms with van der Waals surface area (Å²) in [5, 5.41) is 2.74. The zero-order valence-corrected chi connectivity index (χ0v) is 15.6. The smallest absolute Gasteiger partial charge is 0.355 e. The molecule has 1 aromatic heterocycles. The second-order valence-corrected chi connectivity index (χ2v) is 6.69. The van der Waals surface area contributed by atoms with Crippen molar-refractivity contribution < 1.29 is 23.9 Å². The molecule has 0 spiro atoms. The molecule has 2 heterocycles. The molecule has 0 aliphatic carbocycles. The first-order valence-corrected chi connectivity index (χ1v) is 8.56. The lowest BCUT2D eigenvalue weighted by Crippen LogP contribution is -2.15. The molecular weight excluding hydrogens is 348 g/mol. The number of ketones is 2. The molecule has 1 amide bonds. The van der Waals surface area contributed by atoms with Crippen LogP contribution >= 0.6 is 0 Å². The predicted octanol–water partition coefficient (Wildman–Crippen LogP) is 2.93. The van der Waals surface area contributed by atoms with Crippen molar-refractivity contribution in [2.45, 2.75) is 33.6 Å². The van der Waals surface area contributed by atoms with Crippen LogP contribution in [0.1, 0.15) is 67.8 Å². The highest BCUT2D eigenvalue weighted by atomic mass is 16.5. The number of hydrogen-bond donors (Lipinski definition) is 2. The molecule has 1 aliphatic rings. The molecule has 27 heavy (non-hydrogen) atoms. The van der Waals surface area contributed by atoms with Gasteiger partial charge in [-0.3, -0.25) is 14.4 Å². The van der Waals surface area contributed by atoms with Gasteiger partial charge in [-0.15, -0.1) is 0 Å². The molecule has 3 rings (SSSR count). The molecule has 1 aliphatic heterocycles. The number of hydrogen-bond acceptors (Lipinski definition) is 5. The summed E-state index contributed by atoms with van der Waals surface area (Å²) in [5.74, 6) is -1.65. The summed E-state index contributed by atoms with van der Waals surface area (Å²) in [5.41, 5.74) is 3.53. The van der Waals surface area contributed by atoms with Crippen LogP contribution in [0.5, 0.6) is 0 Å². The van der Waals surface area contributed by atoms with Gasteiger partial charge in [0.1, 0.15) is 5.69 Å². The number of nitrogens with one attached hydrogen (secondary N) is 2. The van der Waals surface area contributed by atoms with E-state index < -0.39 is 12.6 Å². The number of aryl methyl sites for hydroxylation is 1. The van der Waals surface area contributed by atoms with Gasteiger partial charge in [0.05, 0.1) is 5.92 Å². The van der Waals surface area contributed by atoms with Crippen LogP contribution in [-0.4, -0.2) is 35.0 Å². The summed E-state index contributed by atoms with van der Waals surface area (Å²) in [6.45, 7) is 6.12. The third-order valence-corrected chi connectivity index (χ3v) is 4.82. The first kappa shape index (κ1) is 18.6. The number of carbonyl (C=O) groups is 4.